The number of halogens is 2. The molecule has 0 saturated carbocycles. The third-order valence-corrected chi connectivity index (χ3v) is 4.89. The van der Waals surface area contributed by atoms with Crippen molar-refractivity contribution in [1.82, 2.24) is 14.4 Å². The van der Waals surface area contributed by atoms with Crippen molar-refractivity contribution in [2.24, 2.45) is 0 Å². The molecule has 1 fully saturated rings. The molecule has 7 heteroatoms. The number of hydrogen-bond acceptors (Lipinski definition) is 2. The van der Waals surface area contributed by atoms with Crippen LogP contribution in [0.4, 0.5) is 8.78 Å². The topological polar surface area (TPSA) is 45.6 Å². The summed E-state index contributed by atoms with van der Waals surface area (Å²) >= 11 is 0. The van der Waals surface area contributed by atoms with E-state index >= 15 is 0 Å². The molecule has 1 aromatic heterocycles. The van der Waals surface area contributed by atoms with Gasteiger partial charge in [-0.25, -0.2) is 8.78 Å². The van der Waals surface area contributed by atoms with Crippen molar-refractivity contribution >= 4 is 11.8 Å². The van der Waals surface area contributed by atoms with Crippen molar-refractivity contribution in [3.05, 3.63) is 59.4 Å². The van der Waals surface area contributed by atoms with Crippen molar-refractivity contribution in [3.8, 4) is 0 Å². The molecule has 0 aliphatic carbocycles. The minimum atomic E-state index is -0.610. The number of aromatic nitrogens is 1. The Morgan fingerprint density at radius 1 is 1.23 bits per heavy atom. The van der Waals surface area contributed by atoms with Gasteiger partial charge in [0.2, 0.25) is 5.91 Å². The second-order valence-corrected chi connectivity index (χ2v) is 6.60. The molecule has 2 amide bonds. The van der Waals surface area contributed by atoms with Crippen LogP contribution in [0.15, 0.2) is 36.7 Å². The highest BCUT2D eigenvalue weighted by Gasteiger charge is 2.30. The highest BCUT2D eigenvalue weighted by atomic mass is 19.1. The van der Waals surface area contributed by atoms with Gasteiger partial charge in [0.25, 0.3) is 5.91 Å². The first-order chi connectivity index (χ1) is 12.4. The van der Waals surface area contributed by atoms with Crippen LogP contribution < -0.4 is 0 Å². The van der Waals surface area contributed by atoms with Gasteiger partial charge in [0.1, 0.15) is 11.6 Å². The number of rotatable bonds is 4. The van der Waals surface area contributed by atoms with Gasteiger partial charge in [-0.1, -0.05) is 6.07 Å². The van der Waals surface area contributed by atoms with E-state index in [4.69, 9.17) is 0 Å². The van der Waals surface area contributed by atoms with E-state index in [1.807, 2.05) is 0 Å². The summed E-state index contributed by atoms with van der Waals surface area (Å²) in [5, 5.41) is 0. The van der Waals surface area contributed by atoms with Gasteiger partial charge in [0.15, 0.2) is 0 Å². The molecule has 3 rings (SSSR count). The van der Waals surface area contributed by atoms with Crippen LogP contribution in [0.5, 0.6) is 0 Å². The second kappa shape index (κ2) is 7.27. The summed E-state index contributed by atoms with van der Waals surface area (Å²) in [5.41, 5.74) is 0.430. The van der Waals surface area contributed by atoms with Gasteiger partial charge in [-0.3, -0.25) is 9.59 Å². The number of nitrogens with zero attached hydrogens (tertiary/aromatic N) is 3. The Morgan fingerprint density at radius 3 is 2.58 bits per heavy atom. The predicted octanol–water partition coefficient (Wildman–Crippen LogP) is 2.51. The first-order valence-corrected chi connectivity index (χ1v) is 8.48. The summed E-state index contributed by atoms with van der Waals surface area (Å²) in [4.78, 5) is 27.5. The maximum Gasteiger partial charge on any atom is 0.255 e. The molecular formula is C19H21F2N3O2. The zero-order valence-corrected chi connectivity index (χ0v) is 14.8. The van der Waals surface area contributed by atoms with E-state index in [2.05, 4.69) is 0 Å². The van der Waals surface area contributed by atoms with Crippen LogP contribution in [0, 0.1) is 11.6 Å². The lowest BCUT2D eigenvalue weighted by Gasteiger charge is -2.23. The van der Waals surface area contributed by atoms with E-state index in [0.717, 1.165) is 6.42 Å². The van der Waals surface area contributed by atoms with Gasteiger partial charge < -0.3 is 14.4 Å². The van der Waals surface area contributed by atoms with Crippen LogP contribution in [0.1, 0.15) is 29.3 Å². The quantitative estimate of drug-likeness (QED) is 0.840. The fourth-order valence-corrected chi connectivity index (χ4v) is 3.21. The van der Waals surface area contributed by atoms with Crippen LogP contribution in [0.25, 0.3) is 0 Å². The van der Waals surface area contributed by atoms with Gasteiger partial charge in [0, 0.05) is 45.0 Å². The summed E-state index contributed by atoms with van der Waals surface area (Å²) in [5.74, 6) is -1.39. The molecule has 0 radical (unpaired) electrons. The fourth-order valence-electron chi connectivity index (χ4n) is 3.21. The highest BCUT2D eigenvalue weighted by Crippen LogP contribution is 2.19. The maximum atomic E-state index is 13.8. The van der Waals surface area contributed by atoms with E-state index in [9.17, 15) is 18.4 Å². The second-order valence-electron chi connectivity index (χ2n) is 6.60. The van der Waals surface area contributed by atoms with Gasteiger partial charge >= 0.3 is 0 Å². The molecule has 2 heterocycles. The zero-order valence-electron chi connectivity index (χ0n) is 14.8. The van der Waals surface area contributed by atoms with Gasteiger partial charge in [-0.05, 0) is 24.6 Å². The van der Waals surface area contributed by atoms with E-state index in [1.54, 1.807) is 39.9 Å². The summed E-state index contributed by atoms with van der Waals surface area (Å²) in [7, 11) is 1.74. The van der Waals surface area contributed by atoms with Crippen molar-refractivity contribution in [3.63, 3.8) is 0 Å². The molecule has 1 atom stereocenters. The molecule has 0 bridgehead atoms. The molecule has 2 aromatic rings. The minimum Gasteiger partial charge on any atom is -0.349 e. The first-order valence-electron chi connectivity index (χ1n) is 8.48. The van der Waals surface area contributed by atoms with Gasteiger partial charge in [0.05, 0.1) is 18.2 Å². The number of amides is 2. The lowest BCUT2D eigenvalue weighted by Crippen LogP contribution is -2.38. The number of carbonyl (C=O) groups is 2. The number of likely N-dealkylation sites (tertiary alicyclic amines) is 1. The number of carbonyl (C=O) groups excluding carboxylic acids is 2. The highest BCUT2D eigenvalue weighted by molar-refractivity contribution is 5.94. The number of hydrogen-bond donors (Lipinski definition) is 0. The van der Waals surface area contributed by atoms with Crippen LogP contribution in [-0.4, -0.2) is 52.4 Å². The SMILES string of the molecule is CC(=O)N(C)C1CCN(C(=O)c2ccn(Cc3c(F)cccc3F)c2)C1. The minimum absolute atomic E-state index is 0.0154. The molecule has 26 heavy (non-hydrogen) atoms. The molecule has 0 spiro atoms. The molecule has 1 aromatic carbocycles. The van der Waals surface area contributed by atoms with Crippen molar-refractivity contribution in [2.75, 3.05) is 20.1 Å². The summed E-state index contributed by atoms with van der Waals surface area (Å²) in [6.45, 7) is 2.59. The van der Waals surface area contributed by atoms with E-state index in [0.29, 0.717) is 18.7 Å². The maximum absolute atomic E-state index is 13.8. The van der Waals surface area contributed by atoms with Crippen LogP contribution in [-0.2, 0) is 11.3 Å². The Labute approximate surface area is 150 Å². The van der Waals surface area contributed by atoms with E-state index in [-0.39, 0.29) is 30.0 Å². The Balaban J connectivity index is 1.68. The van der Waals surface area contributed by atoms with Crippen molar-refractivity contribution in [2.45, 2.75) is 25.9 Å². The largest absolute Gasteiger partial charge is 0.349 e. The molecule has 138 valence electrons. The Bertz CT molecular complexity index is 814. The smallest absolute Gasteiger partial charge is 0.255 e. The summed E-state index contributed by atoms with van der Waals surface area (Å²) in [6, 6.07) is 5.41. The van der Waals surface area contributed by atoms with Crippen molar-refractivity contribution in [1.29, 1.82) is 0 Å². The number of benzene rings is 1. The summed E-state index contributed by atoms with van der Waals surface area (Å²) < 4.78 is 29.1. The normalized spacial score (nSPS) is 16.8. The lowest BCUT2D eigenvalue weighted by molar-refractivity contribution is -0.129. The molecule has 1 saturated heterocycles. The molecular weight excluding hydrogens is 340 g/mol. The van der Waals surface area contributed by atoms with Gasteiger partial charge in [-0.15, -0.1) is 0 Å². The Kier molecular flexibility index (Phi) is 5.06. The molecule has 0 N–H and O–H groups in total. The summed E-state index contributed by atoms with van der Waals surface area (Å²) in [6.07, 6.45) is 3.97. The fraction of sp³-hybridized carbons (Fsp3) is 0.368. The van der Waals surface area contributed by atoms with Crippen LogP contribution in [0.2, 0.25) is 0 Å². The molecule has 1 unspecified atom stereocenters. The molecule has 1 aliphatic rings. The van der Waals surface area contributed by atoms with E-state index in [1.165, 1.54) is 25.1 Å². The molecule has 1 aliphatic heterocycles. The van der Waals surface area contributed by atoms with Crippen molar-refractivity contribution < 1.29 is 18.4 Å². The lowest BCUT2D eigenvalue weighted by atomic mass is 10.2. The third-order valence-electron chi connectivity index (χ3n) is 4.89. The zero-order chi connectivity index (χ0) is 18.8. The third kappa shape index (κ3) is 3.61. The predicted molar refractivity (Wildman–Crippen MR) is 92.6 cm³/mol. The monoisotopic (exact) mass is 361 g/mol. The van der Waals surface area contributed by atoms with E-state index < -0.39 is 11.6 Å². The standard InChI is InChI=1S/C19H21F2N3O2/c1-13(25)22(2)15-7-9-24(11-15)19(26)14-6-8-23(10-14)12-16-17(20)4-3-5-18(16)21/h3-6,8,10,15H,7,9,11-12H2,1-2H3. The van der Waals surface area contributed by atoms with Crippen LogP contribution in [0.3, 0.4) is 0 Å². The number of likely N-dealkylation sites (N-methyl/N-ethyl adjacent to an activating group) is 1. The van der Waals surface area contributed by atoms with Crippen LogP contribution >= 0.6 is 0 Å². The Hall–Kier alpha value is -2.70. The average molecular weight is 361 g/mol. The Morgan fingerprint density at radius 2 is 1.92 bits per heavy atom. The molecule has 5 nitrogen and oxygen atoms in total. The first kappa shape index (κ1) is 18.1. The average Bonchev–Trinajstić information content (AvgIpc) is 3.26. The van der Waals surface area contributed by atoms with Gasteiger partial charge in [-0.2, -0.15) is 0 Å².